The summed E-state index contributed by atoms with van der Waals surface area (Å²) in [6.07, 6.45) is 0. The minimum Gasteiger partial charge on any atom is -0.478 e. The molecule has 0 atom stereocenters. The van der Waals surface area contributed by atoms with Crippen LogP contribution in [-0.4, -0.2) is 34.3 Å². The number of rotatable bonds is 4. The van der Waals surface area contributed by atoms with Gasteiger partial charge in [0.2, 0.25) is 0 Å². The molecule has 0 unspecified atom stereocenters. The molecule has 0 amide bonds. The zero-order valence-electron chi connectivity index (χ0n) is 8.47. The molecule has 6 nitrogen and oxygen atoms in total. The third-order valence-electron chi connectivity index (χ3n) is 2.21. The Balaban J connectivity index is 3.22. The van der Waals surface area contributed by atoms with Gasteiger partial charge in [-0.2, -0.15) is 0 Å². The largest absolute Gasteiger partial charge is 0.478 e. The number of aliphatic hydroxyl groups is 1. The summed E-state index contributed by atoms with van der Waals surface area (Å²) in [5.41, 5.74) is -2.43. The second-order valence-electron chi connectivity index (χ2n) is 3.15. The first-order valence-electron chi connectivity index (χ1n) is 4.40. The van der Waals surface area contributed by atoms with Gasteiger partial charge in [0, 0.05) is 18.3 Å². The zero-order valence-corrected chi connectivity index (χ0v) is 8.47. The predicted octanol–water partition coefficient (Wildman–Crippen LogP) is 0.0851. The van der Waals surface area contributed by atoms with Gasteiger partial charge in [0.25, 0.3) is 5.60 Å². The molecule has 16 heavy (non-hydrogen) atoms. The Labute approximate surface area is 91.1 Å². The van der Waals surface area contributed by atoms with Crippen LogP contribution in [0, 0.1) is 0 Å². The maximum absolute atomic E-state index is 10.8. The van der Waals surface area contributed by atoms with Crippen LogP contribution >= 0.6 is 0 Å². The molecule has 0 radical (unpaired) electrons. The summed E-state index contributed by atoms with van der Waals surface area (Å²) in [4.78, 5) is 21.5. The fraction of sp³-hybridized carbons (Fsp3) is 0.200. The number of aliphatic carboxylic acids is 2. The van der Waals surface area contributed by atoms with Gasteiger partial charge in [-0.3, -0.25) is 0 Å². The van der Waals surface area contributed by atoms with Gasteiger partial charge in [-0.25, -0.2) is 9.59 Å². The fourth-order valence-corrected chi connectivity index (χ4v) is 1.22. The summed E-state index contributed by atoms with van der Waals surface area (Å²) in [5.74, 6) is -3.64. The number of hydrogen-bond acceptors (Lipinski definition) is 4. The van der Waals surface area contributed by atoms with Gasteiger partial charge >= 0.3 is 11.9 Å². The summed E-state index contributed by atoms with van der Waals surface area (Å²) in [5, 5.41) is 29.8. The second kappa shape index (κ2) is 4.19. The highest BCUT2D eigenvalue weighted by molar-refractivity contribution is 6.02. The van der Waals surface area contributed by atoms with Crippen LogP contribution in [0.2, 0.25) is 0 Å². The van der Waals surface area contributed by atoms with Crippen LogP contribution in [0.15, 0.2) is 24.3 Å². The van der Waals surface area contributed by atoms with Crippen molar-refractivity contribution in [1.82, 2.24) is 0 Å². The lowest BCUT2D eigenvalue weighted by molar-refractivity contribution is -0.177. The SMILES string of the molecule is CNc1ccc(C(O)(C(=O)O)C(=O)O)cc1. The average molecular weight is 225 g/mol. The summed E-state index contributed by atoms with van der Waals surface area (Å²) in [7, 11) is 1.66. The van der Waals surface area contributed by atoms with Gasteiger partial charge < -0.3 is 20.6 Å². The number of hydrogen-bond donors (Lipinski definition) is 4. The summed E-state index contributed by atoms with van der Waals surface area (Å²) in [6.45, 7) is 0. The Morgan fingerprint density at radius 2 is 1.56 bits per heavy atom. The lowest BCUT2D eigenvalue weighted by Crippen LogP contribution is -2.43. The van der Waals surface area contributed by atoms with Crippen molar-refractivity contribution in [3.05, 3.63) is 29.8 Å². The van der Waals surface area contributed by atoms with Crippen molar-refractivity contribution in [2.45, 2.75) is 5.60 Å². The summed E-state index contributed by atoms with van der Waals surface area (Å²) >= 11 is 0. The van der Waals surface area contributed by atoms with Crippen molar-refractivity contribution in [3.8, 4) is 0 Å². The van der Waals surface area contributed by atoms with Crippen molar-refractivity contribution >= 4 is 17.6 Å². The monoisotopic (exact) mass is 225 g/mol. The number of carbonyl (C=O) groups is 2. The van der Waals surface area contributed by atoms with Crippen molar-refractivity contribution in [2.24, 2.45) is 0 Å². The molecule has 0 aliphatic heterocycles. The maximum atomic E-state index is 10.8. The molecule has 0 aromatic heterocycles. The van der Waals surface area contributed by atoms with E-state index in [-0.39, 0.29) is 5.56 Å². The van der Waals surface area contributed by atoms with E-state index in [4.69, 9.17) is 10.2 Å². The number of nitrogens with one attached hydrogen (secondary N) is 1. The number of carboxylic acid groups (broad SMARTS) is 2. The van der Waals surface area contributed by atoms with E-state index in [0.29, 0.717) is 5.69 Å². The molecule has 1 aromatic carbocycles. The maximum Gasteiger partial charge on any atom is 0.352 e. The van der Waals surface area contributed by atoms with Crippen LogP contribution < -0.4 is 5.32 Å². The zero-order chi connectivity index (χ0) is 12.3. The summed E-state index contributed by atoms with van der Waals surface area (Å²) in [6, 6.07) is 5.44. The van der Waals surface area contributed by atoms with E-state index in [2.05, 4.69) is 5.32 Å². The summed E-state index contributed by atoms with van der Waals surface area (Å²) < 4.78 is 0. The van der Waals surface area contributed by atoms with E-state index in [0.717, 1.165) is 0 Å². The Kier molecular flexibility index (Phi) is 3.14. The number of anilines is 1. The highest BCUT2D eigenvalue weighted by Gasteiger charge is 2.46. The Morgan fingerprint density at radius 3 is 1.88 bits per heavy atom. The van der Waals surface area contributed by atoms with Gasteiger partial charge in [0.1, 0.15) is 0 Å². The van der Waals surface area contributed by atoms with Crippen molar-refractivity contribution in [2.75, 3.05) is 12.4 Å². The topological polar surface area (TPSA) is 107 Å². The minimum atomic E-state index is -2.91. The number of benzene rings is 1. The molecule has 4 N–H and O–H groups in total. The third kappa shape index (κ3) is 1.82. The predicted molar refractivity (Wildman–Crippen MR) is 55.2 cm³/mol. The molecule has 1 aromatic rings. The molecule has 1 rings (SSSR count). The standard InChI is InChI=1S/C10H11NO5/c1-11-7-4-2-6(3-5-7)10(16,8(12)13)9(14)15/h2-5,11,16H,1H3,(H,12,13)(H,14,15). The Hall–Kier alpha value is -2.08. The van der Waals surface area contributed by atoms with E-state index in [1.54, 1.807) is 7.05 Å². The molecule has 0 fully saturated rings. The van der Waals surface area contributed by atoms with E-state index in [9.17, 15) is 14.7 Å². The fourth-order valence-electron chi connectivity index (χ4n) is 1.22. The second-order valence-corrected chi connectivity index (χ2v) is 3.15. The van der Waals surface area contributed by atoms with Crippen LogP contribution in [0.3, 0.4) is 0 Å². The van der Waals surface area contributed by atoms with E-state index >= 15 is 0 Å². The normalized spacial score (nSPS) is 10.9. The highest BCUT2D eigenvalue weighted by Crippen LogP contribution is 2.23. The molecule has 0 saturated heterocycles. The quantitative estimate of drug-likeness (QED) is 0.541. The Morgan fingerprint density at radius 1 is 1.12 bits per heavy atom. The molecule has 0 saturated carbocycles. The number of carboxylic acids is 2. The first-order valence-corrected chi connectivity index (χ1v) is 4.40. The molecular formula is C10H11NO5. The van der Waals surface area contributed by atoms with Gasteiger partial charge in [-0.1, -0.05) is 12.1 Å². The highest BCUT2D eigenvalue weighted by atomic mass is 16.4. The van der Waals surface area contributed by atoms with Crippen molar-refractivity contribution in [1.29, 1.82) is 0 Å². The molecular weight excluding hydrogens is 214 g/mol. The van der Waals surface area contributed by atoms with Gasteiger partial charge in [-0.05, 0) is 12.1 Å². The van der Waals surface area contributed by atoms with E-state index < -0.39 is 17.5 Å². The minimum absolute atomic E-state index is 0.202. The molecule has 0 bridgehead atoms. The molecule has 0 aliphatic rings. The van der Waals surface area contributed by atoms with Gasteiger partial charge in [0.05, 0.1) is 0 Å². The van der Waals surface area contributed by atoms with E-state index in [1.807, 2.05) is 0 Å². The van der Waals surface area contributed by atoms with Crippen molar-refractivity contribution < 1.29 is 24.9 Å². The lowest BCUT2D eigenvalue weighted by Gasteiger charge is -2.18. The van der Waals surface area contributed by atoms with Crippen LogP contribution in [0.4, 0.5) is 5.69 Å². The smallest absolute Gasteiger partial charge is 0.352 e. The molecule has 86 valence electrons. The Bertz CT molecular complexity index is 398. The molecule has 0 spiro atoms. The third-order valence-corrected chi connectivity index (χ3v) is 2.21. The lowest BCUT2D eigenvalue weighted by atomic mass is 9.94. The van der Waals surface area contributed by atoms with Crippen LogP contribution in [0.1, 0.15) is 5.56 Å². The van der Waals surface area contributed by atoms with E-state index in [1.165, 1.54) is 24.3 Å². The van der Waals surface area contributed by atoms with Crippen LogP contribution in [0.25, 0.3) is 0 Å². The first-order chi connectivity index (χ1) is 7.42. The van der Waals surface area contributed by atoms with Crippen LogP contribution in [-0.2, 0) is 15.2 Å². The molecule has 0 aliphatic carbocycles. The van der Waals surface area contributed by atoms with Gasteiger partial charge in [-0.15, -0.1) is 0 Å². The average Bonchev–Trinajstić information content (AvgIpc) is 2.27. The molecule has 6 heteroatoms. The van der Waals surface area contributed by atoms with Crippen LogP contribution in [0.5, 0.6) is 0 Å². The van der Waals surface area contributed by atoms with Gasteiger partial charge in [0.15, 0.2) is 0 Å². The molecule has 0 heterocycles. The van der Waals surface area contributed by atoms with Crippen molar-refractivity contribution in [3.63, 3.8) is 0 Å². The first kappa shape index (κ1) is 12.0.